The van der Waals surface area contributed by atoms with Crippen molar-refractivity contribution in [2.24, 2.45) is 0 Å². The monoisotopic (exact) mass is 404 g/mol. The molecule has 30 heavy (non-hydrogen) atoms. The molecule has 0 radical (unpaired) electrons. The van der Waals surface area contributed by atoms with E-state index in [1.807, 2.05) is 34.9 Å². The van der Waals surface area contributed by atoms with E-state index in [-0.39, 0.29) is 25.3 Å². The van der Waals surface area contributed by atoms with E-state index in [1.165, 1.54) is 0 Å². The molecule has 6 heteroatoms. The maximum absolute atomic E-state index is 12.8. The lowest BCUT2D eigenvalue weighted by atomic mass is 9.78. The second-order valence-electron chi connectivity index (χ2n) is 8.30. The van der Waals surface area contributed by atoms with Crippen LogP contribution >= 0.6 is 0 Å². The maximum Gasteiger partial charge on any atom is 0.229 e. The SMILES string of the molecule is C.CC1(n2c(NC(=O)C[C@@](C)(O)c3ccccc3)nc3ccc(C#N)cc32)CCC1. The Morgan fingerprint density at radius 2 is 2.00 bits per heavy atom. The third kappa shape index (κ3) is 3.81. The summed E-state index contributed by atoms with van der Waals surface area (Å²) in [6.07, 6.45) is 3.00. The van der Waals surface area contributed by atoms with Gasteiger partial charge in [-0.25, -0.2) is 4.98 Å². The Morgan fingerprint density at radius 1 is 1.30 bits per heavy atom. The standard InChI is InChI=1S/C23H24N4O2.CH4/c1-22(11-6-12-22)27-19-13-16(15-24)9-10-18(19)25-21(27)26-20(28)14-23(2,29)17-7-4-3-5-8-17;/h3-5,7-10,13,29H,6,11-12,14H2,1-2H3,(H,25,26,28);1H4/t23-;/m1./s1. The Hall–Kier alpha value is -3.17. The number of nitrogens with one attached hydrogen (secondary N) is 1. The van der Waals surface area contributed by atoms with Gasteiger partial charge in [0.2, 0.25) is 11.9 Å². The average molecular weight is 405 g/mol. The van der Waals surface area contributed by atoms with Gasteiger partial charge in [0.25, 0.3) is 0 Å². The predicted molar refractivity (Wildman–Crippen MR) is 118 cm³/mol. The molecule has 0 aliphatic heterocycles. The van der Waals surface area contributed by atoms with E-state index in [0.29, 0.717) is 17.1 Å². The largest absolute Gasteiger partial charge is 0.385 e. The molecule has 0 spiro atoms. The van der Waals surface area contributed by atoms with Gasteiger partial charge >= 0.3 is 0 Å². The van der Waals surface area contributed by atoms with Crippen LogP contribution in [0.15, 0.2) is 48.5 Å². The molecule has 1 aliphatic carbocycles. The number of benzene rings is 2. The molecule has 1 saturated carbocycles. The van der Waals surface area contributed by atoms with Gasteiger partial charge in [0.05, 0.1) is 34.7 Å². The van der Waals surface area contributed by atoms with Crippen molar-refractivity contribution in [2.45, 2.75) is 58.1 Å². The number of carbonyl (C=O) groups is 1. The van der Waals surface area contributed by atoms with E-state index < -0.39 is 5.60 Å². The summed E-state index contributed by atoms with van der Waals surface area (Å²) in [5.74, 6) is 0.157. The number of fused-ring (bicyclic) bond motifs is 1. The van der Waals surface area contributed by atoms with E-state index in [9.17, 15) is 15.2 Å². The predicted octanol–water partition coefficient (Wildman–Crippen LogP) is 4.68. The van der Waals surface area contributed by atoms with E-state index in [2.05, 4.69) is 23.3 Å². The first-order chi connectivity index (χ1) is 13.8. The third-order valence-electron chi connectivity index (χ3n) is 5.91. The number of anilines is 1. The van der Waals surface area contributed by atoms with Gasteiger partial charge in [0, 0.05) is 5.54 Å². The van der Waals surface area contributed by atoms with Crippen LogP contribution in [0.4, 0.5) is 5.95 Å². The first kappa shape index (κ1) is 21.5. The Kier molecular flexibility index (Phi) is 5.69. The summed E-state index contributed by atoms with van der Waals surface area (Å²) in [6.45, 7) is 3.78. The zero-order chi connectivity index (χ0) is 20.6. The highest BCUT2D eigenvalue weighted by atomic mass is 16.3. The van der Waals surface area contributed by atoms with Gasteiger partial charge in [-0.2, -0.15) is 5.26 Å². The summed E-state index contributed by atoms with van der Waals surface area (Å²) >= 11 is 0. The number of hydrogen-bond donors (Lipinski definition) is 2. The smallest absolute Gasteiger partial charge is 0.229 e. The van der Waals surface area contributed by atoms with Crippen molar-refractivity contribution in [2.75, 3.05) is 5.32 Å². The fraction of sp³-hybridized carbons (Fsp3) is 0.375. The van der Waals surface area contributed by atoms with Crippen molar-refractivity contribution in [3.05, 3.63) is 59.7 Å². The summed E-state index contributed by atoms with van der Waals surface area (Å²) in [5, 5.41) is 23.0. The van der Waals surface area contributed by atoms with Crippen LogP contribution in [0.3, 0.4) is 0 Å². The summed E-state index contributed by atoms with van der Waals surface area (Å²) in [4.78, 5) is 17.4. The number of imidazole rings is 1. The summed E-state index contributed by atoms with van der Waals surface area (Å²) in [5.41, 5.74) is 1.41. The lowest BCUT2D eigenvalue weighted by Crippen LogP contribution is -2.38. The highest BCUT2D eigenvalue weighted by molar-refractivity contribution is 5.92. The second-order valence-corrected chi connectivity index (χ2v) is 8.30. The number of amides is 1. The van der Waals surface area contributed by atoms with Crippen LogP contribution in [0, 0.1) is 11.3 Å². The molecule has 1 atom stereocenters. The van der Waals surface area contributed by atoms with Gasteiger partial charge in [-0.05, 0) is 56.9 Å². The Bertz CT molecular complexity index is 1110. The van der Waals surface area contributed by atoms with E-state index >= 15 is 0 Å². The second kappa shape index (κ2) is 7.92. The zero-order valence-corrected chi connectivity index (χ0v) is 16.6. The molecule has 4 rings (SSSR count). The van der Waals surface area contributed by atoms with Gasteiger partial charge in [0.15, 0.2) is 0 Å². The van der Waals surface area contributed by atoms with Crippen LogP contribution in [0.2, 0.25) is 0 Å². The quantitative estimate of drug-likeness (QED) is 0.646. The minimum absolute atomic E-state index is 0. The van der Waals surface area contributed by atoms with E-state index in [4.69, 9.17) is 0 Å². The summed E-state index contributed by atoms with van der Waals surface area (Å²) in [6, 6.07) is 16.7. The minimum Gasteiger partial charge on any atom is -0.385 e. The molecular weight excluding hydrogens is 376 g/mol. The Morgan fingerprint density at radius 3 is 2.60 bits per heavy atom. The van der Waals surface area contributed by atoms with Crippen molar-refractivity contribution in [1.29, 1.82) is 5.26 Å². The number of rotatable bonds is 5. The summed E-state index contributed by atoms with van der Waals surface area (Å²) < 4.78 is 2.04. The molecule has 1 heterocycles. The molecule has 0 saturated heterocycles. The number of carbonyl (C=O) groups excluding carboxylic acids is 1. The van der Waals surface area contributed by atoms with E-state index in [1.54, 1.807) is 25.1 Å². The van der Waals surface area contributed by atoms with Crippen LogP contribution in [0.5, 0.6) is 0 Å². The first-order valence-electron chi connectivity index (χ1n) is 9.83. The van der Waals surface area contributed by atoms with Crippen LogP contribution in [0.1, 0.15) is 58.1 Å². The Labute approximate surface area is 177 Å². The van der Waals surface area contributed by atoms with Gasteiger partial charge < -0.3 is 9.67 Å². The van der Waals surface area contributed by atoms with Gasteiger partial charge in [-0.3, -0.25) is 10.1 Å². The fourth-order valence-corrected chi connectivity index (χ4v) is 4.07. The average Bonchev–Trinajstić information content (AvgIpc) is 3.03. The molecule has 1 aromatic heterocycles. The van der Waals surface area contributed by atoms with Crippen molar-refractivity contribution in [3.63, 3.8) is 0 Å². The van der Waals surface area contributed by atoms with Crippen molar-refractivity contribution >= 4 is 22.9 Å². The molecular formula is C24H28N4O2. The van der Waals surface area contributed by atoms with Crippen molar-refractivity contribution in [3.8, 4) is 6.07 Å². The lowest BCUT2D eigenvalue weighted by molar-refractivity contribution is -0.120. The highest BCUT2D eigenvalue weighted by Crippen LogP contribution is 2.43. The molecule has 3 aromatic rings. The number of hydrogen-bond acceptors (Lipinski definition) is 4. The van der Waals surface area contributed by atoms with E-state index in [0.717, 1.165) is 30.3 Å². The van der Waals surface area contributed by atoms with Crippen LogP contribution in [-0.4, -0.2) is 20.6 Å². The number of aromatic nitrogens is 2. The molecule has 0 bridgehead atoms. The van der Waals surface area contributed by atoms with Gasteiger partial charge in [0.1, 0.15) is 0 Å². The third-order valence-corrected chi connectivity index (χ3v) is 5.91. The number of aliphatic hydroxyl groups is 1. The Balaban J connectivity index is 0.00000256. The van der Waals surface area contributed by atoms with Crippen LogP contribution < -0.4 is 5.32 Å². The molecule has 0 unspecified atom stereocenters. The number of nitriles is 1. The van der Waals surface area contributed by atoms with Crippen molar-refractivity contribution in [1.82, 2.24) is 9.55 Å². The molecule has 1 fully saturated rings. The molecule has 1 aliphatic rings. The van der Waals surface area contributed by atoms with Crippen molar-refractivity contribution < 1.29 is 9.90 Å². The van der Waals surface area contributed by atoms with Gasteiger partial charge in [-0.15, -0.1) is 0 Å². The normalized spacial score (nSPS) is 16.6. The first-order valence-corrected chi connectivity index (χ1v) is 9.83. The molecule has 1 amide bonds. The molecule has 156 valence electrons. The minimum atomic E-state index is -1.28. The molecule has 6 nitrogen and oxygen atoms in total. The molecule has 2 N–H and O–H groups in total. The van der Waals surface area contributed by atoms with Gasteiger partial charge in [-0.1, -0.05) is 37.8 Å². The summed E-state index contributed by atoms with van der Waals surface area (Å²) in [7, 11) is 0. The highest BCUT2D eigenvalue weighted by Gasteiger charge is 2.37. The van der Waals surface area contributed by atoms with Crippen LogP contribution in [0.25, 0.3) is 11.0 Å². The molecule has 2 aromatic carbocycles. The fourth-order valence-electron chi connectivity index (χ4n) is 4.07. The topological polar surface area (TPSA) is 90.9 Å². The van der Waals surface area contributed by atoms with Crippen LogP contribution in [-0.2, 0) is 15.9 Å². The zero-order valence-electron chi connectivity index (χ0n) is 16.6. The number of nitrogens with zero attached hydrogens (tertiary/aromatic N) is 3. The maximum atomic E-state index is 12.8. The lowest BCUT2D eigenvalue weighted by Gasteiger charge is -2.41.